The highest BCUT2D eigenvalue weighted by Gasteiger charge is 2.40. The minimum atomic E-state index is -1.17. The molecule has 0 aromatic heterocycles. The van der Waals surface area contributed by atoms with E-state index in [0.29, 0.717) is 13.1 Å². The molecule has 0 radical (unpaired) electrons. The fourth-order valence-corrected chi connectivity index (χ4v) is 5.95. The SMILES string of the molecule is CC(C)[C@H](C(=O)N(C)[C@@H](CC(=O)O)C(=O)N1CCCCC1)N(C)C(=O)OCC1c2ccccc2-c2ccccc21. The summed E-state index contributed by atoms with van der Waals surface area (Å²) in [6.07, 6.45) is 1.56. The molecular formula is C31H39N3O6. The summed E-state index contributed by atoms with van der Waals surface area (Å²) in [4.78, 5) is 56.1. The first-order chi connectivity index (χ1) is 19.1. The summed E-state index contributed by atoms with van der Waals surface area (Å²) in [5.41, 5.74) is 4.41. The van der Waals surface area contributed by atoms with Crippen LogP contribution in [-0.4, -0.2) is 89.6 Å². The fourth-order valence-electron chi connectivity index (χ4n) is 5.95. The van der Waals surface area contributed by atoms with Gasteiger partial charge in [0.1, 0.15) is 18.7 Å². The smallest absolute Gasteiger partial charge is 0.410 e. The normalized spacial score (nSPS) is 16.1. The monoisotopic (exact) mass is 549 g/mol. The van der Waals surface area contributed by atoms with Crippen LogP contribution in [0.5, 0.6) is 0 Å². The van der Waals surface area contributed by atoms with Crippen LogP contribution in [0.4, 0.5) is 4.79 Å². The largest absolute Gasteiger partial charge is 0.481 e. The number of likely N-dealkylation sites (tertiary alicyclic amines) is 1. The molecule has 2 aromatic carbocycles. The molecule has 2 atom stereocenters. The molecule has 0 bridgehead atoms. The molecule has 40 heavy (non-hydrogen) atoms. The van der Waals surface area contributed by atoms with E-state index in [9.17, 15) is 24.3 Å². The van der Waals surface area contributed by atoms with E-state index in [4.69, 9.17) is 4.74 Å². The highest BCUT2D eigenvalue weighted by molar-refractivity contribution is 5.93. The van der Waals surface area contributed by atoms with Gasteiger partial charge in [-0.25, -0.2) is 4.79 Å². The second kappa shape index (κ2) is 12.5. The molecule has 214 valence electrons. The van der Waals surface area contributed by atoms with Crippen LogP contribution in [0.3, 0.4) is 0 Å². The summed E-state index contributed by atoms with van der Waals surface area (Å²) >= 11 is 0. The average Bonchev–Trinajstić information content (AvgIpc) is 3.27. The van der Waals surface area contributed by atoms with Gasteiger partial charge in [0, 0.05) is 33.1 Å². The number of aliphatic carboxylic acids is 1. The van der Waals surface area contributed by atoms with Crippen LogP contribution in [0.25, 0.3) is 11.1 Å². The number of likely N-dealkylation sites (N-methyl/N-ethyl adjacent to an activating group) is 2. The molecule has 0 spiro atoms. The van der Waals surface area contributed by atoms with Crippen molar-refractivity contribution in [1.82, 2.24) is 14.7 Å². The van der Waals surface area contributed by atoms with E-state index in [1.807, 2.05) is 50.2 Å². The number of carboxylic acid groups (broad SMARTS) is 1. The Bertz CT molecular complexity index is 1210. The zero-order valence-corrected chi connectivity index (χ0v) is 23.7. The number of nitrogens with zero attached hydrogens (tertiary/aromatic N) is 3. The van der Waals surface area contributed by atoms with Crippen molar-refractivity contribution >= 4 is 23.9 Å². The van der Waals surface area contributed by atoms with E-state index in [0.717, 1.165) is 41.5 Å². The van der Waals surface area contributed by atoms with Gasteiger partial charge in [-0.3, -0.25) is 19.3 Å². The van der Waals surface area contributed by atoms with Crippen molar-refractivity contribution in [3.05, 3.63) is 59.7 Å². The molecule has 1 N–H and O–H groups in total. The first-order valence-electron chi connectivity index (χ1n) is 14.0. The molecule has 1 fully saturated rings. The van der Waals surface area contributed by atoms with Gasteiger partial charge in [-0.15, -0.1) is 0 Å². The molecule has 1 heterocycles. The number of carboxylic acids is 1. The quantitative estimate of drug-likeness (QED) is 0.502. The Labute approximate surface area is 235 Å². The Morgan fingerprint density at radius 1 is 0.900 bits per heavy atom. The first-order valence-corrected chi connectivity index (χ1v) is 14.0. The molecule has 9 nitrogen and oxygen atoms in total. The van der Waals surface area contributed by atoms with Gasteiger partial charge in [0.15, 0.2) is 0 Å². The maximum absolute atomic E-state index is 13.7. The standard InChI is InChI=1S/C31H39N3O6/c1-20(2)28(30(38)32(3)26(18-27(35)36)29(37)34-16-10-5-11-17-34)33(4)31(39)40-19-25-23-14-8-6-12-21(23)22-13-7-9-15-24(22)25/h6-9,12-15,20,25-26,28H,5,10-11,16-19H2,1-4H3,(H,35,36)/t26-,28+/m0/s1. The fraction of sp³-hybridized carbons (Fsp3) is 0.484. The molecule has 9 heteroatoms. The van der Waals surface area contributed by atoms with Crippen molar-refractivity contribution in [1.29, 1.82) is 0 Å². The van der Waals surface area contributed by atoms with Crippen molar-refractivity contribution in [3.63, 3.8) is 0 Å². The number of carbonyl (C=O) groups excluding carboxylic acids is 3. The van der Waals surface area contributed by atoms with Crippen LogP contribution >= 0.6 is 0 Å². The summed E-state index contributed by atoms with van der Waals surface area (Å²) in [7, 11) is 2.95. The Hall–Kier alpha value is -3.88. The van der Waals surface area contributed by atoms with Gasteiger partial charge in [-0.05, 0) is 47.4 Å². The van der Waals surface area contributed by atoms with Gasteiger partial charge in [0.05, 0.1) is 6.42 Å². The highest BCUT2D eigenvalue weighted by Crippen LogP contribution is 2.44. The first kappa shape index (κ1) is 29.1. The van der Waals surface area contributed by atoms with Crippen LogP contribution in [0.1, 0.15) is 56.6 Å². The van der Waals surface area contributed by atoms with Gasteiger partial charge in [-0.1, -0.05) is 62.4 Å². The van der Waals surface area contributed by atoms with Crippen LogP contribution < -0.4 is 0 Å². The summed E-state index contributed by atoms with van der Waals surface area (Å²) < 4.78 is 5.78. The Balaban J connectivity index is 1.48. The third kappa shape index (κ3) is 5.98. The number of rotatable bonds is 9. The Morgan fingerprint density at radius 3 is 1.98 bits per heavy atom. The molecule has 1 aliphatic heterocycles. The van der Waals surface area contributed by atoms with Crippen molar-refractivity contribution in [2.75, 3.05) is 33.8 Å². The van der Waals surface area contributed by atoms with Crippen LogP contribution in [-0.2, 0) is 19.1 Å². The zero-order chi connectivity index (χ0) is 29.0. The summed E-state index contributed by atoms with van der Waals surface area (Å²) in [6, 6.07) is 14.0. The molecule has 2 aliphatic rings. The molecule has 1 saturated heterocycles. The number of piperidine rings is 1. The number of fused-ring (bicyclic) bond motifs is 3. The molecule has 4 rings (SSSR count). The average molecular weight is 550 g/mol. The Morgan fingerprint density at radius 2 is 1.45 bits per heavy atom. The lowest BCUT2D eigenvalue weighted by Gasteiger charge is -2.37. The van der Waals surface area contributed by atoms with Crippen molar-refractivity contribution in [3.8, 4) is 11.1 Å². The molecule has 2 aromatic rings. The van der Waals surface area contributed by atoms with Gasteiger partial charge < -0.3 is 19.6 Å². The maximum Gasteiger partial charge on any atom is 0.410 e. The molecule has 0 unspecified atom stereocenters. The van der Waals surface area contributed by atoms with E-state index in [1.165, 1.54) is 23.9 Å². The van der Waals surface area contributed by atoms with Crippen LogP contribution in [0, 0.1) is 5.92 Å². The minimum absolute atomic E-state index is 0.112. The van der Waals surface area contributed by atoms with Gasteiger partial charge >= 0.3 is 12.1 Å². The number of benzene rings is 2. The second-order valence-corrected chi connectivity index (χ2v) is 11.1. The van der Waals surface area contributed by atoms with E-state index in [-0.39, 0.29) is 24.3 Å². The third-order valence-electron chi connectivity index (χ3n) is 8.06. The van der Waals surface area contributed by atoms with Crippen LogP contribution in [0.15, 0.2) is 48.5 Å². The third-order valence-corrected chi connectivity index (χ3v) is 8.06. The number of carbonyl (C=O) groups is 4. The predicted octanol–water partition coefficient (Wildman–Crippen LogP) is 4.21. The maximum atomic E-state index is 13.7. The molecule has 1 aliphatic carbocycles. The number of hydrogen-bond donors (Lipinski definition) is 1. The lowest BCUT2D eigenvalue weighted by Crippen LogP contribution is -2.57. The highest BCUT2D eigenvalue weighted by atomic mass is 16.6. The van der Waals surface area contributed by atoms with Crippen molar-refractivity contribution < 1.29 is 29.0 Å². The molecule has 3 amide bonds. The van der Waals surface area contributed by atoms with Gasteiger partial charge in [0.25, 0.3) is 0 Å². The van der Waals surface area contributed by atoms with Crippen molar-refractivity contribution in [2.24, 2.45) is 5.92 Å². The van der Waals surface area contributed by atoms with Crippen LogP contribution in [0.2, 0.25) is 0 Å². The Kier molecular flexibility index (Phi) is 9.12. The summed E-state index contributed by atoms with van der Waals surface area (Å²) in [6.45, 7) is 4.82. The lowest BCUT2D eigenvalue weighted by molar-refractivity contribution is -0.152. The van der Waals surface area contributed by atoms with E-state index >= 15 is 0 Å². The number of hydrogen-bond acceptors (Lipinski definition) is 5. The topological polar surface area (TPSA) is 107 Å². The van der Waals surface area contributed by atoms with Gasteiger partial charge in [-0.2, -0.15) is 0 Å². The minimum Gasteiger partial charge on any atom is -0.481 e. The summed E-state index contributed by atoms with van der Waals surface area (Å²) in [5.74, 6) is -2.47. The van der Waals surface area contributed by atoms with E-state index in [1.54, 1.807) is 4.90 Å². The number of amides is 3. The van der Waals surface area contributed by atoms with E-state index < -0.39 is 36.5 Å². The lowest BCUT2D eigenvalue weighted by atomic mass is 9.98. The van der Waals surface area contributed by atoms with Crippen molar-refractivity contribution in [2.45, 2.75) is 57.5 Å². The zero-order valence-electron chi connectivity index (χ0n) is 23.7. The summed E-state index contributed by atoms with van der Waals surface area (Å²) in [5, 5.41) is 9.53. The number of ether oxygens (including phenoxy) is 1. The van der Waals surface area contributed by atoms with E-state index in [2.05, 4.69) is 12.1 Å². The predicted molar refractivity (Wildman–Crippen MR) is 151 cm³/mol. The molecule has 0 saturated carbocycles. The van der Waals surface area contributed by atoms with Gasteiger partial charge in [0.2, 0.25) is 11.8 Å². The second-order valence-electron chi connectivity index (χ2n) is 11.1. The molecular weight excluding hydrogens is 510 g/mol.